The van der Waals surface area contributed by atoms with Gasteiger partial charge in [0.2, 0.25) is 0 Å². The van der Waals surface area contributed by atoms with Crippen LogP contribution in [-0.4, -0.2) is 33.8 Å². The van der Waals surface area contributed by atoms with Crippen LogP contribution in [0.4, 0.5) is 0 Å². The lowest BCUT2D eigenvalue weighted by Crippen LogP contribution is -2.37. The Bertz CT molecular complexity index is 729. The molecule has 2 N–H and O–H groups in total. The second-order valence-corrected chi connectivity index (χ2v) is 6.16. The Morgan fingerprint density at radius 2 is 1.81 bits per heavy atom. The molecule has 0 fully saturated rings. The maximum Gasteiger partial charge on any atom is 0.191 e. The molecular formula is C21H29N3O2. The third kappa shape index (κ3) is 6.08. The largest absolute Gasteiger partial charge is 0.496 e. The van der Waals surface area contributed by atoms with Gasteiger partial charge in [-0.25, -0.2) is 0 Å². The molecule has 0 heterocycles. The number of hydrogen-bond donors (Lipinski definition) is 2. The minimum atomic E-state index is 0.626. The standard InChI is InChI=1S/C21H29N3O2/c1-16-8-9-17(13-20(16)26-4)10-11-23-21(22-2)24-14-18-6-5-7-19(12-18)15-25-3/h5-9,12-13H,10-11,14-15H2,1-4H3,(H2,22,23,24). The Labute approximate surface area is 156 Å². The quantitative estimate of drug-likeness (QED) is 0.564. The van der Waals surface area contributed by atoms with Gasteiger partial charge in [0, 0.05) is 27.2 Å². The summed E-state index contributed by atoms with van der Waals surface area (Å²) in [4.78, 5) is 4.29. The van der Waals surface area contributed by atoms with Gasteiger partial charge >= 0.3 is 0 Å². The predicted molar refractivity (Wildman–Crippen MR) is 107 cm³/mol. The fraction of sp³-hybridized carbons (Fsp3) is 0.381. The molecule has 5 nitrogen and oxygen atoms in total. The normalized spacial score (nSPS) is 11.3. The van der Waals surface area contributed by atoms with Crippen LogP contribution in [0.2, 0.25) is 0 Å². The molecule has 2 aromatic carbocycles. The third-order valence-corrected chi connectivity index (χ3v) is 4.16. The highest BCUT2D eigenvalue weighted by molar-refractivity contribution is 5.79. The average Bonchev–Trinajstić information content (AvgIpc) is 2.66. The number of aliphatic imine (C=N–C) groups is 1. The summed E-state index contributed by atoms with van der Waals surface area (Å²) < 4.78 is 10.6. The second-order valence-electron chi connectivity index (χ2n) is 6.16. The van der Waals surface area contributed by atoms with Crippen LogP contribution in [0.1, 0.15) is 22.3 Å². The Hall–Kier alpha value is -2.53. The van der Waals surface area contributed by atoms with Gasteiger partial charge in [0.1, 0.15) is 5.75 Å². The van der Waals surface area contributed by atoms with E-state index >= 15 is 0 Å². The van der Waals surface area contributed by atoms with Crippen LogP contribution < -0.4 is 15.4 Å². The third-order valence-electron chi connectivity index (χ3n) is 4.16. The number of hydrogen-bond acceptors (Lipinski definition) is 3. The lowest BCUT2D eigenvalue weighted by Gasteiger charge is -2.13. The smallest absolute Gasteiger partial charge is 0.191 e. The van der Waals surface area contributed by atoms with Gasteiger partial charge in [-0.1, -0.05) is 36.4 Å². The molecular weight excluding hydrogens is 326 g/mol. The number of benzene rings is 2. The van der Waals surface area contributed by atoms with Crippen LogP contribution in [0.5, 0.6) is 5.75 Å². The summed E-state index contributed by atoms with van der Waals surface area (Å²) >= 11 is 0. The zero-order valence-electron chi connectivity index (χ0n) is 16.1. The van der Waals surface area contributed by atoms with Crippen LogP contribution >= 0.6 is 0 Å². The topological polar surface area (TPSA) is 54.9 Å². The second kappa shape index (κ2) is 10.5. The molecule has 0 saturated heterocycles. The fourth-order valence-electron chi connectivity index (χ4n) is 2.75. The first-order valence-corrected chi connectivity index (χ1v) is 8.81. The zero-order valence-corrected chi connectivity index (χ0v) is 16.1. The highest BCUT2D eigenvalue weighted by Crippen LogP contribution is 2.19. The first-order valence-electron chi connectivity index (χ1n) is 8.81. The van der Waals surface area contributed by atoms with Crippen molar-refractivity contribution in [2.75, 3.05) is 27.8 Å². The van der Waals surface area contributed by atoms with Crippen molar-refractivity contribution in [3.05, 3.63) is 64.7 Å². The van der Waals surface area contributed by atoms with Crippen molar-refractivity contribution in [3.8, 4) is 5.75 Å². The summed E-state index contributed by atoms with van der Waals surface area (Å²) in [6.07, 6.45) is 0.903. The van der Waals surface area contributed by atoms with Crippen molar-refractivity contribution >= 4 is 5.96 Å². The van der Waals surface area contributed by atoms with Crippen molar-refractivity contribution in [3.63, 3.8) is 0 Å². The highest BCUT2D eigenvalue weighted by atomic mass is 16.5. The van der Waals surface area contributed by atoms with Gasteiger partial charge in [0.25, 0.3) is 0 Å². The SMILES string of the molecule is CN=C(NCCc1ccc(C)c(OC)c1)NCc1cccc(COC)c1. The van der Waals surface area contributed by atoms with E-state index < -0.39 is 0 Å². The maximum atomic E-state index is 5.38. The van der Waals surface area contributed by atoms with E-state index in [2.05, 4.69) is 52.0 Å². The van der Waals surface area contributed by atoms with Crippen molar-refractivity contribution in [1.82, 2.24) is 10.6 Å². The average molecular weight is 355 g/mol. The maximum absolute atomic E-state index is 5.38. The molecule has 0 aliphatic carbocycles. The van der Waals surface area contributed by atoms with E-state index in [4.69, 9.17) is 9.47 Å². The molecule has 0 aliphatic rings. The molecule has 2 aromatic rings. The van der Waals surface area contributed by atoms with E-state index in [1.807, 2.05) is 13.0 Å². The summed E-state index contributed by atoms with van der Waals surface area (Å²) in [6, 6.07) is 14.7. The molecule has 0 amide bonds. The predicted octanol–water partition coefficient (Wildman–Crippen LogP) is 3.06. The summed E-state index contributed by atoms with van der Waals surface area (Å²) in [5.74, 6) is 1.72. The molecule has 0 unspecified atom stereocenters. The Morgan fingerprint density at radius 3 is 2.54 bits per heavy atom. The van der Waals surface area contributed by atoms with Crippen LogP contribution in [0, 0.1) is 6.92 Å². The Kier molecular flexibility index (Phi) is 7.96. The lowest BCUT2D eigenvalue weighted by atomic mass is 10.1. The fourth-order valence-corrected chi connectivity index (χ4v) is 2.75. The van der Waals surface area contributed by atoms with Gasteiger partial charge < -0.3 is 20.1 Å². The first-order chi connectivity index (χ1) is 12.7. The minimum absolute atomic E-state index is 0.626. The molecule has 0 saturated carbocycles. The molecule has 0 atom stereocenters. The summed E-state index contributed by atoms with van der Waals surface area (Å²) in [5, 5.41) is 6.70. The molecule has 0 aliphatic heterocycles. The summed E-state index contributed by atoms with van der Waals surface area (Å²) in [5.41, 5.74) is 4.76. The molecule has 26 heavy (non-hydrogen) atoms. The van der Waals surface area contributed by atoms with E-state index in [1.54, 1.807) is 21.3 Å². The Balaban J connectivity index is 1.82. The molecule has 140 valence electrons. The number of rotatable bonds is 8. The van der Waals surface area contributed by atoms with E-state index in [9.17, 15) is 0 Å². The van der Waals surface area contributed by atoms with Crippen molar-refractivity contribution in [2.24, 2.45) is 4.99 Å². The summed E-state index contributed by atoms with van der Waals surface area (Å²) in [6.45, 7) is 4.19. The number of guanidine groups is 1. The molecule has 0 bridgehead atoms. The molecule has 0 radical (unpaired) electrons. The first kappa shape index (κ1) is 19.8. The molecule has 2 rings (SSSR count). The number of methoxy groups -OCH3 is 2. The van der Waals surface area contributed by atoms with Gasteiger partial charge in [-0.15, -0.1) is 0 Å². The van der Waals surface area contributed by atoms with Crippen molar-refractivity contribution < 1.29 is 9.47 Å². The van der Waals surface area contributed by atoms with Gasteiger partial charge in [0.15, 0.2) is 5.96 Å². The van der Waals surface area contributed by atoms with E-state index in [1.165, 1.54) is 16.7 Å². The van der Waals surface area contributed by atoms with Crippen LogP contribution in [0.15, 0.2) is 47.5 Å². The zero-order chi connectivity index (χ0) is 18.8. The van der Waals surface area contributed by atoms with Gasteiger partial charge in [0.05, 0.1) is 13.7 Å². The van der Waals surface area contributed by atoms with Crippen molar-refractivity contribution in [1.29, 1.82) is 0 Å². The molecule has 0 spiro atoms. The number of nitrogens with one attached hydrogen (secondary N) is 2. The van der Waals surface area contributed by atoms with E-state index in [-0.39, 0.29) is 0 Å². The summed E-state index contributed by atoms with van der Waals surface area (Å²) in [7, 11) is 5.20. The van der Waals surface area contributed by atoms with Gasteiger partial charge in [-0.2, -0.15) is 0 Å². The Morgan fingerprint density at radius 1 is 1.00 bits per heavy atom. The highest BCUT2D eigenvalue weighted by Gasteiger charge is 2.02. The molecule has 0 aromatic heterocycles. The van der Waals surface area contributed by atoms with Crippen LogP contribution in [0.25, 0.3) is 0 Å². The van der Waals surface area contributed by atoms with Crippen molar-refractivity contribution in [2.45, 2.75) is 26.5 Å². The number of ether oxygens (including phenoxy) is 2. The van der Waals surface area contributed by atoms with Gasteiger partial charge in [-0.05, 0) is 41.7 Å². The van der Waals surface area contributed by atoms with Gasteiger partial charge in [-0.3, -0.25) is 4.99 Å². The van der Waals surface area contributed by atoms with Crippen LogP contribution in [-0.2, 0) is 24.3 Å². The lowest BCUT2D eigenvalue weighted by molar-refractivity contribution is 0.185. The molecule has 5 heteroatoms. The monoisotopic (exact) mass is 355 g/mol. The number of nitrogens with zero attached hydrogens (tertiary/aromatic N) is 1. The van der Waals surface area contributed by atoms with E-state index in [0.717, 1.165) is 36.8 Å². The van der Waals surface area contributed by atoms with Crippen LogP contribution in [0.3, 0.4) is 0 Å². The number of aryl methyl sites for hydroxylation is 1. The minimum Gasteiger partial charge on any atom is -0.496 e. The van der Waals surface area contributed by atoms with E-state index in [0.29, 0.717) is 6.61 Å².